The van der Waals surface area contributed by atoms with Crippen molar-refractivity contribution >= 4 is 22.7 Å². The molecule has 65 heavy (non-hydrogen) atoms. The molecule has 0 amide bonds. The number of pyridine rings is 1. The van der Waals surface area contributed by atoms with Crippen LogP contribution in [0.5, 0.6) is 11.5 Å². The van der Waals surface area contributed by atoms with E-state index in [1.807, 2.05) is 36.5 Å². The van der Waals surface area contributed by atoms with Crippen molar-refractivity contribution in [2.75, 3.05) is 9.80 Å². The summed E-state index contributed by atoms with van der Waals surface area (Å²) in [5.74, 6) is 1.18. The van der Waals surface area contributed by atoms with E-state index in [2.05, 4.69) is 220 Å². The fraction of sp³-hybridized carbons (Fsp3) is 0.100. The summed E-state index contributed by atoms with van der Waals surface area (Å²) in [6, 6.07) is 75.8. The third-order valence-electron chi connectivity index (χ3n) is 12.9. The van der Waals surface area contributed by atoms with Gasteiger partial charge in [-0.2, -0.15) is 6.07 Å². The Morgan fingerprint density at radius 3 is 1.69 bits per heavy atom. The SMILES string of the molecule is CC(C)(C)c1cc(-c2ccccc2)c(N2[CH-]N(c3[c-]c(Oc4[c-]c(-c5cc(C6(C)c7ccccc7-c7ccccc76)ccn5)ccc4)ccc3)c3ccccc32)c(-c2ccccc2)c1.[Pt]. The first-order chi connectivity index (χ1) is 31.2. The van der Waals surface area contributed by atoms with Gasteiger partial charge in [-0.1, -0.05) is 154 Å². The van der Waals surface area contributed by atoms with Gasteiger partial charge in [0.1, 0.15) is 0 Å². The Kier molecular flexibility index (Phi) is 10.9. The molecule has 8 aromatic carbocycles. The number of rotatable bonds is 8. The summed E-state index contributed by atoms with van der Waals surface area (Å²) in [6.45, 7) is 11.4. The monoisotopic (exact) mass is 1020 g/mol. The molecule has 0 fully saturated rings. The zero-order valence-electron chi connectivity index (χ0n) is 36.7. The maximum Gasteiger partial charge on any atom is 0.0428 e. The number of hydrogen-bond donors (Lipinski definition) is 0. The van der Waals surface area contributed by atoms with Gasteiger partial charge in [0, 0.05) is 72.4 Å². The van der Waals surface area contributed by atoms with Crippen LogP contribution in [0.15, 0.2) is 200 Å². The first-order valence-corrected chi connectivity index (χ1v) is 21.9. The molecule has 1 aromatic heterocycles. The normalized spacial score (nSPS) is 13.4. The molecule has 0 saturated carbocycles. The Morgan fingerprint density at radius 1 is 0.538 bits per heavy atom. The van der Waals surface area contributed by atoms with Gasteiger partial charge in [-0.05, 0) is 92.9 Å². The van der Waals surface area contributed by atoms with Crippen LogP contribution in [0.1, 0.15) is 49.9 Å². The van der Waals surface area contributed by atoms with E-state index in [9.17, 15) is 0 Å². The molecule has 0 saturated heterocycles. The second-order valence-corrected chi connectivity index (χ2v) is 17.8. The molecule has 5 heteroatoms. The van der Waals surface area contributed by atoms with Crippen molar-refractivity contribution in [2.24, 2.45) is 0 Å². The maximum atomic E-state index is 6.59. The van der Waals surface area contributed by atoms with Crippen LogP contribution in [-0.2, 0) is 31.9 Å². The molecule has 1 aliphatic carbocycles. The van der Waals surface area contributed by atoms with Crippen LogP contribution in [0.4, 0.5) is 22.7 Å². The van der Waals surface area contributed by atoms with Crippen molar-refractivity contribution in [3.05, 3.63) is 241 Å². The smallest absolute Gasteiger partial charge is 0.0428 e. The Labute approximate surface area is 397 Å². The van der Waals surface area contributed by atoms with Crippen LogP contribution >= 0.6 is 0 Å². The summed E-state index contributed by atoms with van der Waals surface area (Å²) in [4.78, 5) is 9.40. The van der Waals surface area contributed by atoms with Gasteiger partial charge in [-0.15, -0.1) is 54.3 Å². The molecular weight excluding hydrogens is 974 g/mol. The molecular formula is C60H46N3OPt-3. The van der Waals surface area contributed by atoms with Gasteiger partial charge in [0.25, 0.3) is 0 Å². The van der Waals surface area contributed by atoms with Crippen LogP contribution in [0, 0.1) is 18.8 Å². The fourth-order valence-corrected chi connectivity index (χ4v) is 9.55. The summed E-state index contributed by atoms with van der Waals surface area (Å²) >= 11 is 0. The van der Waals surface area contributed by atoms with Crippen LogP contribution in [0.25, 0.3) is 44.6 Å². The number of hydrogen-bond acceptors (Lipinski definition) is 4. The summed E-state index contributed by atoms with van der Waals surface area (Å²) in [6.07, 6.45) is 1.91. The van der Waals surface area contributed by atoms with Gasteiger partial charge < -0.3 is 19.5 Å². The van der Waals surface area contributed by atoms with Crippen molar-refractivity contribution < 1.29 is 25.8 Å². The molecule has 4 nitrogen and oxygen atoms in total. The molecule has 1 aliphatic heterocycles. The standard InChI is InChI=1S/C60H46N3O.Pt/c1-59(2,3)45-36-51(41-19-7-5-8-20-41)58(52(37-45)42-21-9-6-10-22-42)63-40-62(56-31-15-16-32-57(56)63)46-24-18-26-48(39-46)64-47-25-17-23-43(35-47)55-38-44(33-34-61-55)60(4)53-29-13-11-27-49(53)50-28-12-14-30-54(50)60;/h5-34,36-38,40H,1-4H3;/q-3;. The van der Waals surface area contributed by atoms with Gasteiger partial charge in [0.2, 0.25) is 0 Å². The van der Waals surface area contributed by atoms with E-state index in [-0.39, 0.29) is 31.9 Å². The average Bonchev–Trinajstić information content (AvgIpc) is 3.85. The van der Waals surface area contributed by atoms with Crippen LogP contribution < -0.4 is 14.5 Å². The minimum absolute atomic E-state index is 0. The van der Waals surface area contributed by atoms with E-state index in [0.29, 0.717) is 11.5 Å². The Bertz CT molecular complexity index is 3090. The van der Waals surface area contributed by atoms with Crippen molar-refractivity contribution in [3.63, 3.8) is 0 Å². The Morgan fingerprint density at radius 2 is 1.08 bits per heavy atom. The zero-order valence-corrected chi connectivity index (χ0v) is 39.0. The van der Waals surface area contributed by atoms with Crippen LogP contribution in [0.2, 0.25) is 0 Å². The van der Waals surface area contributed by atoms with Gasteiger partial charge >= 0.3 is 0 Å². The number of aromatic nitrogens is 1. The quantitative estimate of drug-likeness (QED) is 0.142. The Hall–Kier alpha value is -7.00. The van der Waals surface area contributed by atoms with Crippen molar-refractivity contribution in [1.29, 1.82) is 0 Å². The first-order valence-electron chi connectivity index (χ1n) is 21.9. The van der Waals surface area contributed by atoms with E-state index in [4.69, 9.17) is 9.72 Å². The second-order valence-electron chi connectivity index (χ2n) is 17.8. The van der Waals surface area contributed by atoms with E-state index in [0.717, 1.165) is 45.1 Å². The molecule has 320 valence electrons. The van der Waals surface area contributed by atoms with E-state index in [1.54, 1.807) is 0 Å². The molecule has 0 atom stereocenters. The van der Waals surface area contributed by atoms with Gasteiger partial charge in [-0.3, -0.25) is 0 Å². The summed E-state index contributed by atoms with van der Waals surface area (Å²) < 4.78 is 6.59. The zero-order chi connectivity index (χ0) is 43.4. The third-order valence-corrected chi connectivity index (χ3v) is 12.9. The molecule has 0 bridgehead atoms. The predicted molar refractivity (Wildman–Crippen MR) is 262 cm³/mol. The first kappa shape index (κ1) is 42.0. The second kappa shape index (κ2) is 16.8. The fourth-order valence-electron chi connectivity index (χ4n) is 9.55. The van der Waals surface area contributed by atoms with Crippen molar-refractivity contribution in [2.45, 2.75) is 38.5 Å². The summed E-state index contributed by atoms with van der Waals surface area (Å²) in [5.41, 5.74) is 17.7. The molecule has 2 heterocycles. The molecule has 0 radical (unpaired) electrons. The minimum Gasteiger partial charge on any atom is -0.503 e. The minimum atomic E-state index is -0.322. The molecule has 2 aliphatic rings. The number of fused-ring (bicyclic) bond motifs is 4. The third kappa shape index (κ3) is 7.46. The maximum absolute atomic E-state index is 6.59. The van der Waals surface area contributed by atoms with E-state index < -0.39 is 0 Å². The van der Waals surface area contributed by atoms with Crippen LogP contribution in [-0.4, -0.2) is 4.98 Å². The van der Waals surface area contributed by atoms with Crippen molar-refractivity contribution in [3.8, 4) is 56.1 Å². The number of anilines is 4. The molecule has 0 N–H and O–H groups in total. The molecule has 9 aromatic rings. The average molecular weight is 1020 g/mol. The number of benzene rings is 8. The van der Waals surface area contributed by atoms with Crippen LogP contribution in [0.3, 0.4) is 0 Å². The van der Waals surface area contributed by atoms with Crippen molar-refractivity contribution in [1.82, 2.24) is 4.98 Å². The molecule has 0 unspecified atom stereocenters. The summed E-state index contributed by atoms with van der Waals surface area (Å²) in [7, 11) is 0. The van der Waals surface area contributed by atoms with Gasteiger partial charge in [0.05, 0.1) is 0 Å². The number of ether oxygens (including phenoxy) is 1. The topological polar surface area (TPSA) is 28.6 Å². The van der Waals surface area contributed by atoms with Gasteiger partial charge in [-0.25, -0.2) is 0 Å². The van der Waals surface area contributed by atoms with E-state index in [1.165, 1.54) is 44.5 Å². The number of para-hydroxylation sites is 2. The molecule has 11 rings (SSSR count). The Balaban J connectivity index is 0.00000498. The number of nitrogens with zero attached hydrogens (tertiary/aromatic N) is 3. The predicted octanol–water partition coefficient (Wildman–Crippen LogP) is 15.5. The van der Waals surface area contributed by atoms with Gasteiger partial charge in [0.15, 0.2) is 0 Å². The summed E-state index contributed by atoms with van der Waals surface area (Å²) in [5, 5.41) is 0. The van der Waals surface area contributed by atoms with E-state index >= 15 is 0 Å². The largest absolute Gasteiger partial charge is 0.503 e. The molecule has 0 spiro atoms.